The number of esters is 2. The number of ether oxygens (including phenoxy) is 3. The first-order chi connectivity index (χ1) is 28.2. The zero-order valence-corrected chi connectivity index (χ0v) is 37.5. The second kappa shape index (κ2) is 34.4. The van der Waals surface area contributed by atoms with Crippen molar-refractivity contribution >= 4 is 27.6 Å². The minimum Gasteiger partial charge on any atom is -0.462 e. The minimum atomic E-state index is -4.87. The molecule has 0 bridgehead atoms. The molecule has 0 aliphatic carbocycles. The third-order valence-electron chi connectivity index (χ3n) is 9.37. The maximum atomic E-state index is 12.6. The van der Waals surface area contributed by atoms with Crippen LogP contribution in [0.4, 0.5) is 0 Å². The summed E-state index contributed by atoms with van der Waals surface area (Å²) >= 11 is 0. The molecule has 0 aromatic carbocycles. The Balaban J connectivity index is 2.42. The zero-order valence-electron chi connectivity index (χ0n) is 35.7. The number of aliphatic hydroxyl groups is 1. The molecular formula is C43H74O14P2. The van der Waals surface area contributed by atoms with E-state index in [1.807, 2.05) is 18.2 Å². The molecule has 1 aliphatic rings. The van der Waals surface area contributed by atoms with Crippen LogP contribution in [0.1, 0.15) is 143 Å². The third kappa shape index (κ3) is 35.1. The van der Waals surface area contributed by atoms with Gasteiger partial charge in [0, 0.05) is 12.8 Å². The van der Waals surface area contributed by atoms with Crippen molar-refractivity contribution in [1.82, 2.24) is 0 Å². The van der Waals surface area contributed by atoms with Gasteiger partial charge < -0.3 is 34.0 Å². The van der Waals surface area contributed by atoms with Crippen molar-refractivity contribution in [2.75, 3.05) is 26.4 Å². The number of hydrogen-bond acceptors (Lipinski definition) is 11. The number of unbranched alkanes of at least 4 members (excludes halogenated alkanes) is 7. The van der Waals surface area contributed by atoms with E-state index in [9.17, 15) is 28.7 Å². The van der Waals surface area contributed by atoms with Crippen molar-refractivity contribution in [2.24, 2.45) is 5.92 Å². The maximum absolute atomic E-state index is 12.6. The number of hydrogen-bond donors (Lipinski definition) is 4. The number of aliphatic hydroxyl groups excluding tert-OH is 1. The van der Waals surface area contributed by atoms with Gasteiger partial charge in [-0.15, -0.1) is 0 Å². The Morgan fingerprint density at radius 1 is 0.644 bits per heavy atom. The third-order valence-corrected chi connectivity index (χ3v) is 10.8. The van der Waals surface area contributed by atoms with Crippen LogP contribution < -0.4 is 0 Å². The molecule has 1 rings (SSSR count). The molecule has 1 aliphatic heterocycles. The Bertz CT molecular complexity index is 1360. The van der Waals surface area contributed by atoms with Crippen LogP contribution in [-0.4, -0.2) is 82.6 Å². The molecule has 4 unspecified atom stereocenters. The molecule has 59 heavy (non-hydrogen) atoms. The number of carbonyl (C=O) groups excluding carboxylic acids is 2. The van der Waals surface area contributed by atoms with Crippen molar-refractivity contribution < 1.29 is 66.3 Å². The lowest BCUT2D eigenvalue weighted by molar-refractivity contribution is -0.161. The van der Waals surface area contributed by atoms with Crippen LogP contribution in [-0.2, 0) is 46.5 Å². The second-order valence-electron chi connectivity index (χ2n) is 14.9. The summed E-state index contributed by atoms with van der Waals surface area (Å²) in [7, 11) is -9.70. The van der Waals surface area contributed by atoms with Crippen molar-refractivity contribution in [1.29, 1.82) is 0 Å². The smallest absolute Gasteiger partial charge is 0.462 e. The predicted molar refractivity (Wildman–Crippen MR) is 229 cm³/mol. The molecule has 0 aromatic heterocycles. The summed E-state index contributed by atoms with van der Waals surface area (Å²) in [6.45, 7) is 3.84. The summed E-state index contributed by atoms with van der Waals surface area (Å²) in [5.74, 6) is -0.350. The van der Waals surface area contributed by atoms with E-state index in [-0.39, 0.29) is 12.8 Å². The highest BCUT2D eigenvalue weighted by molar-refractivity contribution is 7.47. The number of phosphoric ester groups is 2. The van der Waals surface area contributed by atoms with Crippen LogP contribution in [0.5, 0.6) is 0 Å². The SMILES string of the molecule is CC/C=C\CC1OC1C/C=C\C/C=C\C/C=C\C/C=C\CCC(=O)O[C@H](COC(=O)CCCCCCCCCCC(C)CC)COP(=O)(O)OC[C@@H](O)COP(=O)(O)O. The second-order valence-corrected chi connectivity index (χ2v) is 17.6. The molecule has 1 fully saturated rings. The summed E-state index contributed by atoms with van der Waals surface area (Å²) in [6, 6.07) is 0. The molecule has 14 nitrogen and oxygen atoms in total. The quantitative estimate of drug-likeness (QED) is 0.0150. The van der Waals surface area contributed by atoms with Gasteiger partial charge in [0.2, 0.25) is 0 Å². The molecule has 16 heteroatoms. The minimum absolute atomic E-state index is 0.00125. The van der Waals surface area contributed by atoms with Gasteiger partial charge >= 0.3 is 27.6 Å². The van der Waals surface area contributed by atoms with Gasteiger partial charge in [-0.2, -0.15) is 0 Å². The first-order valence-electron chi connectivity index (χ1n) is 21.5. The van der Waals surface area contributed by atoms with E-state index in [2.05, 4.69) is 72.4 Å². The first-order valence-corrected chi connectivity index (χ1v) is 24.5. The van der Waals surface area contributed by atoms with Crippen LogP contribution in [0, 0.1) is 5.92 Å². The van der Waals surface area contributed by atoms with Gasteiger partial charge in [-0.25, -0.2) is 9.13 Å². The lowest BCUT2D eigenvalue weighted by Gasteiger charge is -2.20. The fraction of sp³-hybridized carbons (Fsp3) is 0.721. The maximum Gasteiger partial charge on any atom is 0.472 e. The summed E-state index contributed by atoms with van der Waals surface area (Å²) in [4.78, 5) is 52.6. The zero-order chi connectivity index (χ0) is 43.6. The molecule has 0 radical (unpaired) electrons. The number of phosphoric acid groups is 2. The van der Waals surface area contributed by atoms with Crippen molar-refractivity contribution in [3.05, 3.63) is 60.8 Å². The molecule has 6 atom stereocenters. The van der Waals surface area contributed by atoms with E-state index in [0.29, 0.717) is 31.5 Å². The van der Waals surface area contributed by atoms with Gasteiger partial charge in [-0.3, -0.25) is 23.2 Å². The Morgan fingerprint density at radius 3 is 1.76 bits per heavy atom. The first kappa shape index (κ1) is 54.8. The van der Waals surface area contributed by atoms with Gasteiger partial charge in [0.25, 0.3) is 0 Å². The molecule has 1 saturated heterocycles. The Hall–Kier alpha value is -2.22. The molecule has 0 spiro atoms. The fourth-order valence-electron chi connectivity index (χ4n) is 5.63. The molecule has 0 amide bonds. The molecule has 0 aromatic rings. The van der Waals surface area contributed by atoms with Crippen LogP contribution in [0.25, 0.3) is 0 Å². The van der Waals surface area contributed by atoms with E-state index >= 15 is 0 Å². The Labute approximate surface area is 353 Å². The van der Waals surface area contributed by atoms with E-state index < -0.39 is 66.2 Å². The summed E-state index contributed by atoms with van der Waals surface area (Å²) < 4.78 is 53.3. The Morgan fingerprint density at radius 2 is 1.17 bits per heavy atom. The van der Waals surface area contributed by atoms with E-state index in [1.54, 1.807) is 0 Å². The van der Waals surface area contributed by atoms with Crippen molar-refractivity contribution in [2.45, 2.75) is 167 Å². The highest BCUT2D eigenvalue weighted by Crippen LogP contribution is 2.44. The molecule has 0 saturated carbocycles. The lowest BCUT2D eigenvalue weighted by atomic mass is 9.99. The standard InChI is InChI=1S/C43H74O14P2/c1-4-6-23-29-40-41(57-40)30-25-20-16-11-9-7-8-10-12-18-22-27-32-43(46)56-39(36-55-59(50,51)54-34-38(44)33-53-58(47,48)49)35-52-42(45)31-26-21-17-14-13-15-19-24-28-37(3)5-2/h6,8-11,18,20,22-23,25,37-41,44H,4-5,7,12-17,19,21,24,26-36H2,1-3H3,(H,50,51)(H2,47,48,49)/b10-8-,11-9-,22-18-,23-6-,25-20-/t37?,38-,39+,40?,41?/m0/s1. The number of rotatable bonds is 38. The van der Waals surface area contributed by atoms with E-state index in [1.165, 1.54) is 38.5 Å². The monoisotopic (exact) mass is 876 g/mol. The van der Waals surface area contributed by atoms with Gasteiger partial charge in [-0.05, 0) is 57.3 Å². The van der Waals surface area contributed by atoms with Crippen molar-refractivity contribution in [3.63, 3.8) is 0 Å². The highest BCUT2D eigenvalue weighted by atomic mass is 31.2. The average molecular weight is 877 g/mol. The Kier molecular flexibility index (Phi) is 31.9. The highest BCUT2D eigenvalue weighted by Gasteiger charge is 2.36. The van der Waals surface area contributed by atoms with Gasteiger partial charge in [0.1, 0.15) is 12.7 Å². The van der Waals surface area contributed by atoms with E-state index in [4.69, 9.17) is 28.5 Å². The van der Waals surface area contributed by atoms with Crippen LogP contribution in [0.2, 0.25) is 0 Å². The summed E-state index contributed by atoms with van der Waals surface area (Å²) in [5.41, 5.74) is 0. The van der Waals surface area contributed by atoms with Crippen LogP contribution in [0.3, 0.4) is 0 Å². The molecule has 4 N–H and O–H groups in total. The van der Waals surface area contributed by atoms with Gasteiger partial charge in [0.05, 0.1) is 32.0 Å². The van der Waals surface area contributed by atoms with Gasteiger partial charge in [-0.1, -0.05) is 139 Å². The summed E-state index contributed by atoms with van der Waals surface area (Å²) in [5, 5.41) is 9.74. The molecule has 340 valence electrons. The molecular weight excluding hydrogens is 802 g/mol. The van der Waals surface area contributed by atoms with Crippen LogP contribution >= 0.6 is 15.6 Å². The number of epoxide rings is 1. The largest absolute Gasteiger partial charge is 0.472 e. The number of allylic oxidation sites excluding steroid dienone is 8. The van der Waals surface area contributed by atoms with Crippen molar-refractivity contribution in [3.8, 4) is 0 Å². The normalized spacial score (nSPS) is 18.6. The number of carbonyl (C=O) groups is 2. The fourth-order valence-corrected chi connectivity index (χ4v) is 6.78. The van der Waals surface area contributed by atoms with Crippen LogP contribution in [0.15, 0.2) is 60.8 Å². The van der Waals surface area contributed by atoms with E-state index in [0.717, 1.165) is 57.3 Å². The average Bonchev–Trinajstić information content (AvgIpc) is 3.95. The lowest BCUT2D eigenvalue weighted by Crippen LogP contribution is -2.29. The molecule has 1 heterocycles. The topological polar surface area (TPSA) is 208 Å². The summed E-state index contributed by atoms with van der Waals surface area (Å²) in [6.07, 6.45) is 35.7. The van der Waals surface area contributed by atoms with Gasteiger partial charge in [0.15, 0.2) is 6.10 Å². The predicted octanol–water partition coefficient (Wildman–Crippen LogP) is 9.68.